The van der Waals surface area contributed by atoms with Crippen molar-refractivity contribution in [3.05, 3.63) is 16.1 Å². The number of amides is 1. The Morgan fingerprint density at radius 1 is 1.38 bits per heavy atom. The molecule has 1 amide bonds. The highest BCUT2D eigenvalue weighted by molar-refractivity contribution is 14.0. The van der Waals surface area contributed by atoms with Crippen molar-refractivity contribution in [2.24, 2.45) is 10.9 Å². The zero-order valence-corrected chi connectivity index (χ0v) is 19.2. The molecule has 2 rings (SSSR count). The first-order chi connectivity index (χ1) is 12.2. The van der Waals surface area contributed by atoms with Crippen LogP contribution in [0.15, 0.2) is 11.2 Å². The quantitative estimate of drug-likeness (QED) is 0.348. The van der Waals surface area contributed by atoms with E-state index in [-0.39, 0.29) is 29.9 Å². The largest absolute Gasteiger partial charge is 0.359 e. The number of thiazole rings is 1. The van der Waals surface area contributed by atoms with E-state index < -0.39 is 0 Å². The van der Waals surface area contributed by atoms with Gasteiger partial charge in [-0.05, 0) is 32.1 Å². The smallest absolute Gasteiger partial charge is 0.220 e. The lowest BCUT2D eigenvalue weighted by atomic mass is 9.93. The van der Waals surface area contributed by atoms with Crippen LogP contribution in [-0.4, -0.2) is 55.0 Å². The van der Waals surface area contributed by atoms with Crippen LogP contribution in [0.1, 0.15) is 43.0 Å². The van der Waals surface area contributed by atoms with Crippen LogP contribution >= 0.6 is 35.3 Å². The van der Waals surface area contributed by atoms with Crippen LogP contribution in [0.4, 0.5) is 0 Å². The number of hydrogen-bond acceptors (Lipinski definition) is 4. The molecule has 148 valence electrons. The Labute approximate surface area is 178 Å². The molecule has 1 aromatic rings. The Kier molecular flexibility index (Phi) is 11.1. The molecule has 2 N–H and O–H groups in total. The highest BCUT2D eigenvalue weighted by atomic mass is 127. The Hall–Kier alpha value is -0.900. The minimum absolute atomic E-state index is 0. The van der Waals surface area contributed by atoms with E-state index in [2.05, 4.69) is 34.4 Å². The predicted octanol–water partition coefficient (Wildman–Crippen LogP) is 2.68. The summed E-state index contributed by atoms with van der Waals surface area (Å²) in [5.74, 6) is 1.63. The van der Waals surface area contributed by atoms with Crippen LogP contribution in [0.25, 0.3) is 0 Å². The minimum Gasteiger partial charge on any atom is -0.359 e. The number of aliphatic imine (C=N–C) groups is 1. The standard InChI is InChI=1S/C18H31N5OS.HI/c1-4-15-13-22-17(25-15)6-9-21-18(20-5-2)23-10-7-14(8-11-23)12-16(24)19-3;/h13-14H,4-12H2,1-3H3,(H,19,24)(H,20,21);1H. The Balaban J connectivity index is 0.00000338. The number of halogens is 1. The van der Waals surface area contributed by atoms with Crippen LogP contribution in [-0.2, 0) is 17.6 Å². The number of piperidine rings is 1. The second-order valence-corrected chi connectivity index (χ2v) is 7.57. The molecule has 8 heteroatoms. The molecule has 0 radical (unpaired) electrons. The molecular weight excluding hydrogens is 461 g/mol. The van der Waals surface area contributed by atoms with Gasteiger partial charge in [0.25, 0.3) is 0 Å². The fraction of sp³-hybridized carbons (Fsp3) is 0.722. The number of guanidine groups is 1. The van der Waals surface area contributed by atoms with Gasteiger partial charge in [0.15, 0.2) is 5.96 Å². The number of rotatable bonds is 7. The van der Waals surface area contributed by atoms with Gasteiger partial charge in [0, 0.05) is 57.1 Å². The van der Waals surface area contributed by atoms with Crippen molar-refractivity contribution in [2.75, 3.05) is 33.2 Å². The number of nitrogens with zero attached hydrogens (tertiary/aromatic N) is 3. The lowest BCUT2D eigenvalue weighted by Crippen LogP contribution is -2.46. The van der Waals surface area contributed by atoms with Crippen LogP contribution in [0.5, 0.6) is 0 Å². The molecule has 0 spiro atoms. The van der Waals surface area contributed by atoms with E-state index in [0.717, 1.165) is 57.8 Å². The fourth-order valence-electron chi connectivity index (χ4n) is 3.02. The molecule has 0 unspecified atom stereocenters. The average Bonchev–Trinajstić information content (AvgIpc) is 3.09. The van der Waals surface area contributed by atoms with Gasteiger partial charge in [0.05, 0.1) is 5.01 Å². The number of aryl methyl sites for hydroxylation is 1. The van der Waals surface area contributed by atoms with Crippen LogP contribution in [0.3, 0.4) is 0 Å². The maximum atomic E-state index is 11.5. The second kappa shape index (κ2) is 12.5. The molecule has 0 aliphatic carbocycles. The summed E-state index contributed by atoms with van der Waals surface area (Å²) in [4.78, 5) is 24.4. The number of aromatic nitrogens is 1. The molecule has 6 nitrogen and oxygen atoms in total. The third kappa shape index (κ3) is 7.38. The third-order valence-corrected chi connectivity index (χ3v) is 5.74. The zero-order chi connectivity index (χ0) is 18.1. The van der Waals surface area contributed by atoms with Gasteiger partial charge in [-0.3, -0.25) is 9.79 Å². The molecule has 0 saturated carbocycles. The Morgan fingerprint density at radius 2 is 2.12 bits per heavy atom. The predicted molar refractivity (Wildman–Crippen MR) is 120 cm³/mol. The minimum atomic E-state index is 0. The van der Waals surface area contributed by atoms with Crippen molar-refractivity contribution in [3.63, 3.8) is 0 Å². The van der Waals surface area contributed by atoms with Crippen LogP contribution < -0.4 is 10.6 Å². The van der Waals surface area contributed by atoms with Gasteiger partial charge in [-0.2, -0.15) is 0 Å². The third-order valence-electron chi connectivity index (χ3n) is 4.54. The molecule has 1 aliphatic heterocycles. The molecule has 1 saturated heterocycles. The Bertz CT molecular complexity index is 570. The summed E-state index contributed by atoms with van der Waals surface area (Å²) in [6.45, 7) is 7.82. The summed E-state index contributed by atoms with van der Waals surface area (Å²) in [5, 5.41) is 7.29. The molecule has 0 atom stereocenters. The molecule has 1 aliphatic rings. The van der Waals surface area contributed by atoms with Crippen molar-refractivity contribution in [3.8, 4) is 0 Å². The normalized spacial score (nSPS) is 15.5. The van der Waals surface area contributed by atoms with E-state index in [0.29, 0.717) is 12.3 Å². The van der Waals surface area contributed by atoms with Crippen LogP contribution in [0, 0.1) is 5.92 Å². The number of carbonyl (C=O) groups is 1. The lowest BCUT2D eigenvalue weighted by molar-refractivity contribution is -0.121. The van der Waals surface area contributed by atoms with Gasteiger partial charge in [0.1, 0.15) is 0 Å². The number of hydrogen-bond donors (Lipinski definition) is 2. The second-order valence-electron chi connectivity index (χ2n) is 6.37. The first kappa shape index (κ1) is 23.1. The summed E-state index contributed by atoms with van der Waals surface area (Å²) < 4.78 is 0. The number of likely N-dealkylation sites (tertiary alicyclic amines) is 1. The van der Waals surface area contributed by atoms with Crippen molar-refractivity contribution in [1.82, 2.24) is 20.5 Å². The summed E-state index contributed by atoms with van der Waals surface area (Å²) >= 11 is 1.79. The fourth-order valence-corrected chi connectivity index (χ4v) is 3.87. The summed E-state index contributed by atoms with van der Waals surface area (Å²) in [6.07, 6.45) is 6.66. The van der Waals surface area contributed by atoms with Gasteiger partial charge >= 0.3 is 0 Å². The van der Waals surface area contributed by atoms with Gasteiger partial charge < -0.3 is 15.5 Å². The van der Waals surface area contributed by atoms with Gasteiger partial charge in [0.2, 0.25) is 5.91 Å². The zero-order valence-electron chi connectivity index (χ0n) is 16.1. The first-order valence-electron chi connectivity index (χ1n) is 9.33. The summed E-state index contributed by atoms with van der Waals surface area (Å²) in [7, 11) is 1.71. The van der Waals surface area contributed by atoms with Crippen LogP contribution in [0.2, 0.25) is 0 Å². The average molecular weight is 493 g/mol. The number of carbonyl (C=O) groups excluding carboxylic acids is 1. The molecule has 2 heterocycles. The van der Waals surface area contributed by atoms with Gasteiger partial charge in [-0.25, -0.2) is 4.98 Å². The van der Waals surface area contributed by atoms with E-state index in [9.17, 15) is 4.79 Å². The van der Waals surface area contributed by atoms with Crippen molar-refractivity contribution >= 4 is 47.2 Å². The monoisotopic (exact) mass is 493 g/mol. The maximum Gasteiger partial charge on any atom is 0.220 e. The lowest BCUT2D eigenvalue weighted by Gasteiger charge is -2.34. The number of nitrogens with one attached hydrogen (secondary N) is 2. The maximum absolute atomic E-state index is 11.5. The van der Waals surface area contributed by atoms with E-state index in [1.807, 2.05) is 6.20 Å². The van der Waals surface area contributed by atoms with Gasteiger partial charge in [-0.1, -0.05) is 6.92 Å². The highest BCUT2D eigenvalue weighted by Gasteiger charge is 2.23. The molecule has 0 aromatic carbocycles. The van der Waals surface area contributed by atoms with Crippen molar-refractivity contribution < 1.29 is 4.79 Å². The molecular formula is C18H32IN5OS. The molecule has 1 aromatic heterocycles. The SMILES string of the molecule is CCNC(=NCCc1ncc(CC)s1)N1CCC(CC(=O)NC)CC1.I. The Morgan fingerprint density at radius 3 is 2.69 bits per heavy atom. The molecule has 1 fully saturated rings. The molecule has 0 bridgehead atoms. The van der Waals surface area contributed by atoms with E-state index in [4.69, 9.17) is 4.99 Å². The first-order valence-corrected chi connectivity index (χ1v) is 10.1. The van der Waals surface area contributed by atoms with Crippen molar-refractivity contribution in [2.45, 2.75) is 46.0 Å². The summed E-state index contributed by atoms with van der Waals surface area (Å²) in [5.41, 5.74) is 0. The van der Waals surface area contributed by atoms with E-state index in [1.165, 1.54) is 9.88 Å². The van der Waals surface area contributed by atoms with E-state index in [1.54, 1.807) is 18.4 Å². The highest BCUT2D eigenvalue weighted by Crippen LogP contribution is 2.20. The summed E-state index contributed by atoms with van der Waals surface area (Å²) in [6, 6.07) is 0. The van der Waals surface area contributed by atoms with Gasteiger partial charge in [-0.15, -0.1) is 35.3 Å². The van der Waals surface area contributed by atoms with Crippen molar-refractivity contribution in [1.29, 1.82) is 0 Å². The topological polar surface area (TPSA) is 69.6 Å². The molecule has 26 heavy (non-hydrogen) atoms. The van der Waals surface area contributed by atoms with E-state index >= 15 is 0 Å².